The Hall–Kier alpha value is -4.77. The van der Waals surface area contributed by atoms with Crippen LogP contribution in [-0.4, -0.2) is 35.6 Å². The number of ether oxygens (including phenoxy) is 2. The zero-order valence-electron chi connectivity index (χ0n) is 20.5. The van der Waals surface area contributed by atoms with Crippen LogP contribution in [0.1, 0.15) is 46.3 Å². The van der Waals surface area contributed by atoms with Crippen LogP contribution in [0.2, 0.25) is 0 Å². The molecule has 0 bridgehead atoms. The van der Waals surface area contributed by atoms with Gasteiger partial charge < -0.3 is 14.8 Å². The number of terminal acetylenes is 1. The minimum absolute atomic E-state index is 0.100. The van der Waals surface area contributed by atoms with Crippen LogP contribution >= 0.6 is 0 Å². The van der Waals surface area contributed by atoms with Gasteiger partial charge >= 0.3 is 5.97 Å². The first-order valence-electron chi connectivity index (χ1n) is 11.5. The summed E-state index contributed by atoms with van der Waals surface area (Å²) in [6, 6.07) is 16.7. The van der Waals surface area contributed by atoms with Gasteiger partial charge in [-0.3, -0.25) is 4.79 Å². The third-order valence-electron chi connectivity index (χ3n) is 5.67. The molecule has 0 spiro atoms. The van der Waals surface area contributed by atoms with Crippen LogP contribution in [0.3, 0.4) is 0 Å². The summed E-state index contributed by atoms with van der Waals surface area (Å²) in [4.78, 5) is 34.0. The van der Waals surface area contributed by atoms with Gasteiger partial charge in [-0.1, -0.05) is 44.0 Å². The molecule has 37 heavy (non-hydrogen) atoms. The summed E-state index contributed by atoms with van der Waals surface area (Å²) in [5.74, 6) is 0.990. The third-order valence-corrected chi connectivity index (χ3v) is 5.67. The Balaban J connectivity index is 1.77. The van der Waals surface area contributed by atoms with E-state index in [1.807, 2.05) is 24.3 Å². The number of fused-ring (bicyclic) bond motifs is 1. The van der Waals surface area contributed by atoms with Crippen LogP contribution < -0.4 is 10.1 Å². The number of carbonyl (C=O) groups excluding carboxylic acids is 2. The van der Waals surface area contributed by atoms with E-state index < -0.39 is 17.7 Å². The van der Waals surface area contributed by atoms with E-state index in [4.69, 9.17) is 11.2 Å². The predicted molar refractivity (Wildman–Crippen MR) is 139 cm³/mol. The number of halogens is 1. The second-order valence-electron chi connectivity index (χ2n) is 8.48. The number of hydrogen-bond donors (Lipinski definition) is 1. The first kappa shape index (κ1) is 25.3. The molecule has 1 aromatic heterocycles. The highest BCUT2D eigenvalue weighted by molar-refractivity contribution is 6.05. The van der Waals surface area contributed by atoms with Crippen LogP contribution in [0.25, 0.3) is 22.2 Å². The summed E-state index contributed by atoms with van der Waals surface area (Å²) >= 11 is 0. The van der Waals surface area contributed by atoms with Crippen LogP contribution in [0.4, 0.5) is 10.1 Å². The number of methoxy groups -OCH3 is 1. The van der Waals surface area contributed by atoms with Crippen molar-refractivity contribution in [1.82, 2.24) is 9.97 Å². The molecular formula is C29H24FN3O4. The van der Waals surface area contributed by atoms with Crippen molar-refractivity contribution in [2.45, 2.75) is 19.8 Å². The standard InChI is InChI=1S/C29H24FN3O4/c1-5-14-37-21-11-13-25-23(16-21)26(19-8-6-18(7-9-19)17(2)3)33-27(32-25)28(34)31-20-10-12-24(30)22(15-20)29(35)36-4/h1,6-13,15-17H,14H2,2-4H3,(H,31,34). The largest absolute Gasteiger partial charge is 0.481 e. The van der Waals surface area contributed by atoms with Gasteiger partial charge in [-0.05, 0) is 47.9 Å². The van der Waals surface area contributed by atoms with E-state index in [0.717, 1.165) is 24.3 Å². The maximum absolute atomic E-state index is 14.0. The molecule has 0 aliphatic carbocycles. The van der Waals surface area contributed by atoms with Crippen molar-refractivity contribution in [1.29, 1.82) is 0 Å². The van der Waals surface area contributed by atoms with E-state index in [9.17, 15) is 14.0 Å². The summed E-state index contributed by atoms with van der Waals surface area (Å²) in [5, 5.41) is 3.31. The topological polar surface area (TPSA) is 90.4 Å². The molecule has 4 rings (SSSR count). The maximum atomic E-state index is 14.0. The number of hydrogen-bond acceptors (Lipinski definition) is 6. The average molecular weight is 498 g/mol. The van der Waals surface area contributed by atoms with Crippen molar-refractivity contribution >= 4 is 28.5 Å². The third kappa shape index (κ3) is 5.57. The van der Waals surface area contributed by atoms with Crippen molar-refractivity contribution in [2.75, 3.05) is 19.0 Å². The molecule has 0 fully saturated rings. The average Bonchev–Trinajstić information content (AvgIpc) is 2.91. The molecule has 0 unspecified atom stereocenters. The molecule has 1 N–H and O–H groups in total. The number of aromatic nitrogens is 2. The van der Waals surface area contributed by atoms with Crippen LogP contribution in [0.5, 0.6) is 5.75 Å². The van der Waals surface area contributed by atoms with E-state index in [0.29, 0.717) is 28.3 Å². The minimum atomic E-state index is -0.856. The van der Waals surface area contributed by atoms with Gasteiger partial charge in [-0.15, -0.1) is 6.42 Å². The number of nitrogens with zero attached hydrogens (tertiary/aromatic N) is 2. The number of esters is 1. The molecule has 186 valence electrons. The van der Waals surface area contributed by atoms with Crippen LogP contribution in [0.15, 0.2) is 60.7 Å². The Kier molecular flexibility index (Phi) is 7.44. The Labute approximate surface area is 213 Å². The second kappa shape index (κ2) is 10.9. The van der Waals surface area contributed by atoms with Crippen molar-refractivity contribution in [2.24, 2.45) is 0 Å². The van der Waals surface area contributed by atoms with Gasteiger partial charge in [0, 0.05) is 16.6 Å². The fraction of sp³-hybridized carbons (Fsp3) is 0.172. The van der Waals surface area contributed by atoms with Crippen LogP contribution in [-0.2, 0) is 4.74 Å². The molecule has 7 nitrogen and oxygen atoms in total. The molecule has 1 amide bonds. The molecule has 3 aromatic carbocycles. The fourth-order valence-electron chi connectivity index (χ4n) is 3.73. The van der Waals surface area contributed by atoms with E-state index in [-0.39, 0.29) is 23.7 Å². The first-order valence-corrected chi connectivity index (χ1v) is 11.5. The summed E-state index contributed by atoms with van der Waals surface area (Å²) in [5.41, 5.74) is 2.89. The van der Waals surface area contributed by atoms with E-state index >= 15 is 0 Å². The summed E-state index contributed by atoms with van der Waals surface area (Å²) < 4.78 is 24.2. The zero-order chi connectivity index (χ0) is 26.5. The van der Waals surface area contributed by atoms with Gasteiger partial charge in [-0.25, -0.2) is 19.2 Å². The SMILES string of the molecule is C#CCOc1ccc2nc(C(=O)Nc3ccc(F)c(C(=O)OC)c3)nc(-c3ccc(C(C)C)cc3)c2c1. The lowest BCUT2D eigenvalue weighted by atomic mass is 9.99. The lowest BCUT2D eigenvalue weighted by Crippen LogP contribution is -2.17. The number of rotatable bonds is 7. The van der Waals surface area contributed by atoms with Crippen molar-refractivity contribution in [3.63, 3.8) is 0 Å². The predicted octanol–water partition coefficient (Wildman–Crippen LogP) is 5.61. The van der Waals surface area contributed by atoms with Gasteiger partial charge in [0.05, 0.1) is 23.9 Å². The molecule has 0 radical (unpaired) electrons. The Morgan fingerprint density at radius 1 is 1.05 bits per heavy atom. The normalized spacial score (nSPS) is 10.7. The Bertz CT molecular complexity index is 1530. The number of anilines is 1. The fourth-order valence-corrected chi connectivity index (χ4v) is 3.73. The number of amides is 1. The molecule has 0 saturated carbocycles. The molecule has 4 aromatic rings. The molecule has 0 aliphatic heterocycles. The molecule has 0 atom stereocenters. The summed E-state index contributed by atoms with van der Waals surface area (Å²) in [6.07, 6.45) is 5.32. The summed E-state index contributed by atoms with van der Waals surface area (Å²) in [6.45, 7) is 4.32. The van der Waals surface area contributed by atoms with Crippen molar-refractivity contribution in [3.05, 3.63) is 83.4 Å². The highest BCUT2D eigenvalue weighted by atomic mass is 19.1. The van der Waals surface area contributed by atoms with Gasteiger partial charge in [0.25, 0.3) is 5.91 Å². The van der Waals surface area contributed by atoms with Crippen LogP contribution in [0, 0.1) is 18.2 Å². The quantitative estimate of drug-likeness (QED) is 0.264. The van der Waals surface area contributed by atoms with Gasteiger partial charge in [-0.2, -0.15) is 0 Å². The number of carbonyl (C=O) groups is 2. The van der Waals surface area contributed by atoms with E-state index in [1.54, 1.807) is 18.2 Å². The molecule has 8 heteroatoms. The minimum Gasteiger partial charge on any atom is -0.481 e. The van der Waals surface area contributed by atoms with E-state index in [2.05, 4.69) is 39.8 Å². The number of benzene rings is 3. The molecular weight excluding hydrogens is 473 g/mol. The monoisotopic (exact) mass is 497 g/mol. The zero-order valence-corrected chi connectivity index (χ0v) is 20.5. The molecule has 0 saturated heterocycles. The van der Waals surface area contributed by atoms with Gasteiger partial charge in [0.15, 0.2) is 0 Å². The molecule has 0 aliphatic rings. The second-order valence-corrected chi connectivity index (χ2v) is 8.48. The van der Waals surface area contributed by atoms with E-state index in [1.165, 1.54) is 12.1 Å². The smallest absolute Gasteiger partial charge is 0.340 e. The number of nitrogens with one attached hydrogen (secondary N) is 1. The lowest BCUT2D eigenvalue weighted by Gasteiger charge is -2.12. The lowest BCUT2D eigenvalue weighted by molar-refractivity contribution is 0.0595. The van der Waals surface area contributed by atoms with Gasteiger partial charge in [0.1, 0.15) is 18.2 Å². The van der Waals surface area contributed by atoms with Gasteiger partial charge in [0.2, 0.25) is 5.82 Å². The maximum Gasteiger partial charge on any atom is 0.340 e. The van der Waals surface area contributed by atoms with Crippen molar-refractivity contribution in [3.8, 4) is 29.4 Å². The Morgan fingerprint density at radius 2 is 1.81 bits per heavy atom. The molecule has 1 heterocycles. The highest BCUT2D eigenvalue weighted by Crippen LogP contribution is 2.30. The summed E-state index contributed by atoms with van der Waals surface area (Å²) in [7, 11) is 1.15. The highest BCUT2D eigenvalue weighted by Gasteiger charge is 2.18. The Morgan fingerprint density at radius 3 is 2.49 bits per heavy atom. The van der Waals surface area contributed by atoms with Crippen molar-refractivity contribution < 1.29 is 23.5 Å². The first-order chi connectivity index (χ1) is 17.8.